The number of likely N-dealkylation sites (tertiary alicyclic amines) is 1. The van der Waals surface area contributed by atoms with Gasteiger partial charge in [0.15, 0.2) is 5.65 Å². The molecule has 0 aromatic carbocycles. The third kappa shape index (κ3) is 2.47. The lowest BCUT2D eigenvalue weighted by Gasteiger charge is -2.15. The molecule has 3 aromatic heterocycles. The highest BCUT2D eigenvalue weighted by molar-refractivity contribution is 5.92. The van der Waals surface area contributed by atoms with Crippen LogP contribution < -0.4 is 5.56 Å². The zero-order chi connectivity index (χ0) is 16.7. The molecule has 1 atom stereocenters. The molecule has 7 heteroatoms. The summed E-state index contributed by atoms with van der Waals surface area (Å²) < 4.78 is 1.44. The van der Waals surface area contributed by atoms with E-state index in [0.29, 0.717) is 24.4 Å². The minimum atomic E-state index is -0.127. The van der Waals surface area contributed by atoms with Crippen molar-refractivity contribution >= 4 is 11.6 Å². The van der Waals surface area contributed by atoms with E-state index in [1.54, 1.807) is 35.4 Å². The van der Waals surface area contributed by atoms with Crippen LogP contribution in [0.2, 0.25) is 0 Å². The van der Waals surface area contributed by atoms with Gasteiger partial charge in [0, 0.05) is 43.0 Å². The summed E-state index contributed by atoms with van der Waals surface area (Å²) in [4.78, 5) is 35.2. The normalized spacial score (nSPS) is 17.5. The number of carbonyl (C=O) groups is 1. The predicted molar refractivity (Wildman–Crippen MR) is 88.0 cm³/mol. The fraction of sp³-hybridized carbons (Fsp3) is 0.294. The first-order chi connectivity index (χ1) is 11.6. The highest BCUT2D eigenvalue weighted by atomic mass is 16.2. The summed E-state index contributed by atoms with van der Waals surface area (Å²) in [6, 6.07) is 8.71. The van der Waals surface area contributed by atoms with Crippen molar-refractivity contribution < 1.29 is 4.79 Å². The Bertz CT molecular complexity index is 960. The number of carbonyl (C=O) groups excluding carboxylic acids is 1. The van der Waals surface area contributed by atoms with Gasteiger partial charge in [-0.2, -0.15) is 0 Å². The molecular weight excluding hydrogens is 306 g/mol. The summed E-state index contributed by atoms with van der Waals surface area (Å²) in [6.45, 7) is 3.09. The predicted octanol–water partition coefficient (Wildman–Crippen LogP) is 1.36. The highest BCUT2D eigenvalue weighted by Crippen LogP contribution is 2.26. The summed E-state index contributed by atoms with van der Waals surface area (Å²) in [5, 5.41) is 2.96. The molecule has 7 nitrogen and oxygen atoms in total. The molecule has 3 aromatic rings. The molecule has 4 heterocycles. The molecule has 1 N–H and O–H groups in total. The third-order valence-electron chi connectivity index (χ3n) is 4.38. The van der Waals surface area contributed by atoms with Gasteiger partial charge in [-0.1, -0.05) is 6.07 Å². The second-order valence-corrected chi connectivity index (χ2v) is 6.10. The Hall–Kier alpha value is -2.96. The molecule has 1 aliphatic heterocycles. The number of rotatable bonds is 2. The van der Waals surface area contributed by atoms with Crippen LogP contribution in [0.15, 0.2) is 41.3 Å². The number of nitrogens with zero attached hydrogens (tertiary/aromatic N) is 4. The fourth-order valence-corrected chi connectivity index (χ4v) is 3.18. The number of fused-ring (bicyclic) bond motifs is 1. The minimum Gasteiger partial charge on any atom is -0.337 e. The molecule has 1 aliphatic rings. The molecule has 0 spiro atoms. The Balaban J connectivity index is 1.59. The van der Waals surface area contributed by atoms with Gasteiger partial charge in [-0.25, -0.2) is 9.50 Å². The Morgan fingerprint density at radius 1 is 1.33 bits per heavy atom. The average molecular weight is 323 g/mol. The van der Waals surface area contributed by atoms with Crippen molar-refractivity contribution in [3.8, 4) is 0 Å². The number of aromatic amines is 1. The zero-order valence-corrected chi connectivity index (χ0v) is 13.3. The maximum Gasteiger partial charge on any atom is 0.272 e. The Morgan fingerprint density at radius 2 is 2.21 bits per heavy atom. The molecule has 0 saturated carbocycles. The summed E-state index contributed by atoms with van der Waals surface area (Å²) in [7, 11) is 0. The number of H-pyrrole nitrogens is 1. The van der Waals surface area contributed by atoms with Crippen LogP contribution in [0.1, 0.15) is 34.2 Å². The van der Waals surface area contributed by atoms with E-state index >= 15 is 0 Å². The van der Waals surface area contributed by atoms with E-state index in [-0.39, 0.29) is 17.4 Å². The van der Waals surface area contributed by atoms with E-state index in [1.165, 1.54) is 4.52 Å². The minimum absolute atomic E-state index is 0.0746. The molecule has 0 radical (unpaired) electrons. The second-order valence-electron chi connectivity index (χ2n) is 6.10. The Kier molecular flexibility index (Phi) is 3.41. The third-order valence-corrected chi connectivity index (χ3v) is 4.38. The molecule has 122 valence electrons. The summed E-state index contributed by atoms with van der Waals surface area (Å²) in [5.41, 5.74) is 2.57. The van der Waals surface area contributed by atoms with E-state index in [0.717, 1.165) is 17.8 Å². The number of aryl methyl sites for hydroxylation is 1. The van der Waals surface area contributed by atoms with Gasteiger partial charge in [0.05, 0.1) is 5.69 Å². The van der Waals surface area contributed by atoms with Crippen LogP contribution in [-0.4, -0.2) is 43.5 Å². The van der Waals surface area contributed by atoms with Gasteiger partial charge in [-0.15, -0.1) is 0 Å². The van der Waals surface area contributed by atoms with Crippen molar-refractivity contribution in [2.24, 2.45) is 0 Å². The average Bonchev–Trinajstić information content (AvgIpc) is 3.21. The highest BCUT2D eigenvalue weighted by Gasteiger charge is 2.29. The van der Waals surface area contributed by atoms with Crippen LogP contribution in [0, 0.1) is 6.92 Å². The lowest BCUT2D eigenvalue weighted by Crippen LogP contribution is -2.29. The Labute approximate surface area is 138 Å². The van der Waals surface area contributed by atoms with Crippen molar-refractivity contribution in [1.29, 1.82) is 0 Å². The SMILES string of the molecule is Cc1cc2nc(C3CCN(C(=O)c4ccccn4)C3)cc(=O)n2[nH]1. The second kappa shape index (κ2) is 5.59. The molecule has 1 fully saturated rings. The molecule has 1 unspecified atom stereocenters. The van der Waals surface area contributed by atoms with Gasteiger partial charge in [0.2, 0.25) is 0 Å². The topological polar surface area (TPSA) is 83.4 Å². The van der Waals surface area contributed by atoms with Gasteiger partial charge in [0.25, 0.3) is 11.5 Å². The van der Waals surface area contributed by atoms with E-state index in [1.807, 2.05) is 13.0 Å². The molecule has 0 aliphatic carbocycles. The van der Waals surface area contributed by atoms with E-state index < -0.39 is 0 Å². The summed E-state index contributed by atoms with van der Waals surface area (Å²) in [5.74, 6) is -0.000966. The fourth-order valence-electron chi connectivity index (χ4n) is 3.18. The van der Waals surface area contributed by atoms with Gasteiger partial charge < -0.3 is 4.90 Å². The van der Waals surface area contributed by atoms with Crippen LogP contribution >= 0.6 is 0 Å². The van der Waals surface area contributed by atoms with Crippen LogP contribution in [0.3, 0.4) is 0 Å². The number of amides is 1. The molecule has 1 saturated heterocycles. The summed E-state index contributed by atoms with van der Waals surface area (Å²) >= 11 is 0. The van der Waals surface area contributed by atoms with E-state index in [9.17, 15) is 9.59 Å². The summed E-state index contributed by atoms with van der Waals surface area (Å²) in [6.07, 6.45) is 2.41. The first-order valence-electron chi connectivity index (χ1n) is 7.91. The van der Waals surface area contributed by atoms with Gasteiger partial charge in [-0.05, 0) is 25.5 Å². The van der Waals surface area contributed by atoms with Gasteiger partial charge >= 0.3 is 0 Å². The van der Waals surface area contributed by atoms with Crippen molar-refractivity contribution in [2.75, 3.05) is 13.1 Å². The van der Waals surface area contributed by atoms with Crippen LogP contribution in [0.4, 0.5) is 0 Å². The van der Waals surface area contributed by atoms with Gasteiger partial charge in [-0.3, -0.25) is 19.7 Å². The molecule has 24 heavy (non-hydrogen) atoms. The Morgan fingerprint density at radius 3 is 3.00 bits per heavy atom. The standard InChI is InChI=1S/C17H17N5O2/c1-11-8-15-19-14(9-16(23)22(15)20-11)12-5-7-21(10-12)17(24)13-4-2-3-6-18-13/h2-4,6,8-9,12,20H,5,7,10H2,1H3. The van der Waals surface area contributed by atoms with Gasteiger partial charge in [0.1, 0.15) is 5.69 Å². The molecular formula is C17H17N5O2. The first kappa shape index (κ1) is 14.6. The zero-order valence-electron chi connectivity index (χ0n) is 13.3. The van der Waals surface area contributed by atoms with Crippen LogP contribution in [-0.2, 0) is 0 Å². The number of hydrogen-bond acceptors (Lipinski definition) is 4. The maximum absolute atomic E-state index is 12.5. The maximum atomic E-state index is 12.5. The number of hydrogen-bond donors (Lipinski definition) is 1. The lowest BCUT2D eigenvalue weighted by molar-refractivity contribution is 0.0785. The van der Waals surface area contributed by atoms with Crippen molar-refractivity contribution in [1.82, 2.24) is 24.5 Å². The lowest BCUT2D eigenvalue weighted by atomic mass is 10.0. The largest absolute Gasteiger partial charge is 0.337 e. The number of aromatic nitrogens is 4. The number of nitrogens with one attached hydrogen (secondary N) is 1. The molecule has 4 rings (SSSR count). The first-order valence-corrected chi connectivity index (χ1v) is 7.91. The van der Waals surface area contributed by atoms with Crippen LogP contribution in [0.25, 0.3) is 5.65 Å². The molecule has 1 amide bonds. The smallest absolute Gasteiger partial charge is 0.272 e. The molecule has 0 bridgehead atoms. The monoisotopic (exact) mass is 323 g/mol. The number of pyridine rings is 1. The quantitative estimate of drug-likeness (QED) is 0.772. The van der Waals surface area contributed by atoms with E-state index in [4.69, 9.17) is 0 Å². The van der Waals surface area contributed by atoms with Crippen LogP contribution in [0.5, 0.6) is 0 Å². The van der Waals surface area contributed by atoms with E-state index in [2.05, 4.69) is 15.1 Å². The van der Waals surface area contributed by atoms with Crippen molar-refractivity contribution in [3.05, 3.63) is 64.0 Å². The van der Waals surface area contributed by atoms with Crippen molar-refractivity contribution in [3.63, 3.8) is 0 Å². The van der Waals surface area contributed by atoms with Crippen molar-refractivity contribution in [2.45, 2.75) is 19.3 Å².